The number of aliphatic imine (C=N–C) groups is 1. The van der Waals surface area contributed by atoms with Crippen LogP contribution in [0.3, 0.4) is 0 Å². The average molecular weight is 319 g/mol. The van der Waals surface area contributed by atoms with Crippen LogP contribution in [-0.2, 0) is 4.74 Å². The van der Waals surface area contributed by atoms with Crippen molar-refractivity contribution >= 4 is 16.7 Å². The molecule has 1 aliphatic heterocycles. The van der Waals surface area contributed by atoms with Crippen LogP contribution in [0.2, 0.25) is 0 Å². The van der Waals surface area contributed by atoms with Crippen LogP contribution in [0.1, 0.15) is 19.4 Å². The minimum atomic E-state index is -0.240. The smallest absolute Gasteiger partial charge is 0.217 e. The second-order valence-corrected chi connectivity index (χ2v) is 6.73. The number of nitrogens with zero attached hydrogens (tertiary/aromatic N) is 1. The molecule has 0 amide bonds. The Morgan fingerprint density at radius 1 is 0.958 bits per heavy atom. The van der Waals surface area contributed by atoms with Gasteiger partial charge < -0.3 is 4.74 Å². The lowest BCUT2D eigenvalue weighted by Gasteiger charge is -2.13. The normalized spacial score (nSPS) is 16.0. The molecule has 2 nitrogen and oxygen atoms in total. The SMILES string of the molecule is CC1(C)COC(c2ccc3ccccc3c2-c2ccc(F)cc2)=N1. The van der Waals surface area contributed by atoms with E-state index < -0.39 is 0 Å². The number of fused-ring (bicyclic) bond motifs is 1. The van der Waals surface area contributed by atoms with E-state index in [4.69, 9.17) is 9.73 Å². The lowest BCUT2D eigenvalue weighted by atomic mass is 9.93. The predicted molar refractivity (Wildman–Crippen MR) is 95.9 cm³/mol. The molecule has 0 saturated heterocycles. The third-order valence-corrected chi connectivity index (χ3v) is 4.26. The lowest BCUT2D eigenvalue weighted by molar-refractivity contribution is 0.279. The van der Waals surface area contributed by atoms with Crippen LogP contribution in [0.25, 0.3) is 21.9 Å². The zero-order valence-electron chi connectivity index (χ0n) is 13.7. The van der Waals surface area contributed by atoms with E-state index in [-0.39, 0.29) is 11.4 Å². The van der Waals surface area contributed by atoms with Crippen molar-refractivity contribution in [3.8, 4) is 11.1 Å². The first kappa shape index (κ1) is 14.9. The highest BCUT2D eigenvalue weighted by Gasteiger charge is 2.28. The molecule has 3 aromatic carbocycles. The van der Waals surface area contributed by atoms with Gasteiger partial charge in [0.2, 0.25) is 5.90 Å². The number of rotatable bonds is 2. The van der Waals surface area contributed by atoms with Crippen molar-refractivity contribution in [2.75, 3.05) is 6.61 Å². The van der Waals surface area contributed by atoms with Gasteiger partial charge in [0.25, 0.3) is 0 Å². The number of halogens is 1. The summed E-state index contributed by atoms with van der Waals surface area (Å²) >= 11 is 0. The van der Waals surface area contributed by atoms with E-state index in [1.54, 1.807) is 12.1 Å². The number of hydrogen-bond acceptors (Lipinski definition) is 2. The maximum absolute atomic E-state index is 13.4. The lowest BCUT2D eigenvalue weighted by Crippen LogP contribution is -2.17. The summed E-state index contributed by atoms with van der Waals surface area (Å²) in [7, 11) is 0. The van der Waals surface area contributed by atoms with Crippen molar-refractivity contribution in [3.05, 3.63) is 72.0 Å². The van der Waals surface area contributed by atoms with Gasteiger partial charge in [-0.05, 0) is 48.4 Å². The Kier molecular flexibility index (Phi) is 3.38. The summed E-state index contributed by atoms with van der Waals surface area (Å²) in [5.74, 6) is 0.418. The molecule has 0 saturated carbocycles. The van der Waals surface area contributed by atoms with Gasteiger partial charge in [0.15, 0.2) is 0 Å². The van der Waals surface area contributed by atoms with Gasteiger partial charge in [0.1, 0.15) is 12.4 Å². The highest BCUT2D eigenvalue weighted by atomic mass is 19.1. The standard InChI is InChI=1S/C21H18FNO/c1-21(2)13-24-20(23-21)18-12-9-14-5-3-4-6-17(14)19(18)15-7-10-16(22)11-8-15/h3-12H,13H2,1-2H3. The van der Waals surface area contributed by atoms with Gasteiger partial charge in [-0.2, -0.15) is 0 Å². The summed E-state index contributed by atoms with van der Waals surface area (Å²) < 4.78 is 19.2. The summed E-state index contributed by atoms with van der Waals surface area (Å²) in [4.78, 5) is 4.72. The molecule has 0 radical (unpaired) electrons. The van der Waals surface area contributed by atoms with Crippen LogP contribution in [-0.4, -0.2) is 18.0 Å². The highest BCUT2D eigenvalue weighted by molar-refractivity contribution is 6.10. The van der Waals surface area contributed by atoms with E-state index in [9.17, 15) is 4.39 Å². The molecule has 3 aromatic rings. The Hall–Kier alpha value is -2.68. The maximum Gasteiger partial charge on any atom is 0.217 e. The Labute approximate surface area is 140 Å². The molecule has 24 heavy (non-hydrogen) atoms. The fraction of sp³-hybridized carbons (Fsp3) is 0.190. The quantitative estimate of drug-likeness (QED) is 0.636. The maximum atomic E-state index is 13.4. The van der Waals surface area contributed by atoms with Gasteiger partial charge >= 0.3 is 0 Å². The summed E-state index contributed by atoms with van der Waals surface area (Å²) in [6.07, 6.45) is 0. The zero-order valence-corrected chi connectivity index (χ0v) is 13.7. The first-order valence-electron chi connectivity index (χ1n) is 8.04. The van der Waals surface area contributed by atoms with E-state index in [1.807, 2.05) is 18.2 Å². The monoisotopic (exact) mass is 319 g/mol. The minimum Gasteiger partial charge on any atom is -0.475 e. The number of benzene rings is 3. The molecule has 0 spiro atoms. The van der Waals surface area contributed by atoms with E-state index in [0.29, 0.717) is 12.5 Å². The third kappa shape index (κ3) is 2.56. The molecular formula is C21H18FNO. The third-order valence-electron chi connectivity index (χ3n) is 4.26. The average Bonchev–Trinajstić information content (AvgIpc) is 2.94. The molecule has 1 aliphatic rings. The Balaban J connectivity index is 2.00. The van der Waals surface area contributed by atoms with Crippen LogP contribution < -0.4 is 0 Å². The number of ether oxygens (including phenoxy) is 1. The molecule has 0 bridgehead atoms. The molecule has 0 atom stereocenters. The molecule has 0 N–H and O–H groups in total. The fourth-order valence-electron chi connectivity index (χ4n) is 3.10. The second kappa shape index (κ2) is 5.45. The van der Waals surface area contributed by atoms with Crippen molar-refractivity contribution < 1.29 is 9.13 Å². The molecule has 0 aromatic heterocycles. The van der Waals surface area contributed by atoms with Crippen molar-refractivity contribution in [2.45, 2.75) is 19.4 Å². The second-order valence-electron chi connectivity index (χ2n) is 6.73. The molecular weight excluding hydrogens is 301 g/mol. The molecule has 0 fully saturated rings. The molecule has 1 heterocycles. The predicted octanol–water partition coefficient (Wildman–Crippen LogP) is 5.20. The van der Waals surface area contributed by atoms with E-state index in [2.05, 4.69) is 32.0 Å². The Morgan fingerprint density at radius 2 is 1.71 bits per heavy atom. The van der Waals surface area contributed by atoms with Gasteiger partial charge in [-0.15, -0.1) is 0 Å². The fourth-order valence-corrected chi connectivity index (χ4v) is 3.10. The van der Waals surface area contributed by atoms with Gasteiger partial charge in [0.05, 0.1) is 5.54 Å². The molecule has 0 unspecified atom stereocenters. The van der Waals surface area contributed by atoms with Crippen LogP contribution >= 0.6 is 0 Å². The van der Waals surface area contributed by atoms with Crippen molar-refractivity contribution in [3.63, 3.8) is 0 Å². The molecule has 120 valence electrons. The summed E-state index contributed by atoms with van der Waals surface area (Å²) in [6, 6.07) is 18.9. The van der Waals surface area contributed by atoms with Gasteiger partial charge in [-0.1, -0.05) is 42.5 Å². The first-order valence-corrected chi connectivity index (χ1v) is 8.04. The first-order chi connectivity index (χ1) is 11.5. The van der Waals surface area contributed by atoms with Crippen LogP contribution in [0.4, 0.5) is 4.39 Å². The summed E-state index contributed by atoms with van der Waals surface area (Å²) in [5, 5.41) is 2.25. The molecule has 3 heteroatoms. The van der Waals surface area contributed by atoms with Gasteiger partial charge in [-0.3, -0.25) is 0 Å². The highest BCUT2D eigenvalue weighted by Crippen LogP contribution is 2.34. The summed E-state index contributed by atoms with van der Waals surface area (Å²) in [5.41, 5.74) is 2.72. The van der Waals surface area contributed by atoms with E-state index in [0.717, 1.165) is 27.5 Å². The van der Waals surface area contributed by atoms with Crippen molar-refractivity contribution in [1.29, 1.82) is 0 Å². The number of hydrogen-bond donors (Lipinski definition) is 0. The van der Waals surface area contributed by atoms with Gasteiger partial charge in [0, 0.05) is 11.1 Å². The van der Waals surface area contributed by atoms with Crippen molar-refractivity contribution in [1.82, 2.24) is 0 Å². The van der Waals surface area contributed by atoms with Gasteiger partial charge in [-0.25, -0.2) is 9.38 Å². The molecule has 4 rings (SSSR count). The molecule has 0 aliphatic carbocycles. The Morgan fingerprint density at radius 3 is 2.42 bits per heavy atom. The summed E-state index contributed by atoms with van der Waals surface area (Å²) in [6.45, 7) is 4.68. The Bertz CT molecular complexity index is 942. The topological polar surface area (TPSA) is 21.6 Å². The largest absolute Gasteiger partial charge is 0.475 e. The van der Waals surface area contributed by atoms with E-state index in [1.165, 1.54) is 12.1 Å². The van der Waals surface area contributed by atoms with Crippen LogP contribution in [0.5, 0.6) is 0 Å². The van der Waals surface area contributed by atoms with E-state index >= 15 is 0 Å². The van der Waals surface area contributed by atoms with Crippen LogP contribution in [0, 0.1) is 5.82 Å². The zero-order chi connectivity index (χ0) is 16.7. The van der Waals surface area contributed by atoms with Crippen LogP contribution in [0.15, 0.2) is 65.7 Å². The van der Waals surface area contributed by atoms with Crippen molar-refractivity contribution in [2.24, 2.45) is 4.99 Å². The minimum absolute atomic E-state index is 0.221.